The number of benzene rings is 2. The van der Waals surface area contributed by atoms with Crippen LogP contribution >= 0.6 is 7.82 Å². The number of hydrogen-bond acceptors (Lipinski definition) is 12. The van der Waals surface area contributed by atoms with Crippen molar-refractivity contribution in [3.63, 3.8) is 0 Å². The molecule has 2 aromatic rings. The molecule has 0 bridgehead atoms. The zero-order valence-electron chi connectivity index (χ0n) is 60.2. The first-order valence-electron chi connectivity index (χ1n) is 37.4. The molecule has 0 saturated carbocycles. The first-order valence-corrected chi connectivity index (χ1v) is 38.9. The van der Waals surface area contributed by atoms with E-state index in [-0.39, 0.29) is 69.2 Å². The number of fused-ring (bicyclic) bond motifs is 2. The van der Waals surface area contributed by atoms with Crippen LogP contribution in [0.25, 0.3) is 0 Å². The van der Waals surface area contributed by atoms with Crippen molar-refractivity contribution in [2.45, 2.75) is 290 Å². The minimum absolute atomic E-state index is 0.0460. The molecule has 0 radical (unpaired) electrons. The Kier molecular flexibility index (Phi) is 42.8. The van der Waals surface area contributed by atoms with Gasteiger partial charge in [0.1, 0.15) is 20.3 Å². The van der Waals surface area contributed by atoms with E-state index in [1.54, 1.807) is 0 Å². The van der Waals surface area contributed by atoms with Crippen molar-refractivity contribution < 1.29 is 61.2 Å². The van der Waals surface area contributed by atoms with Crippen molar-refractivity contribution in [2.75, 3.05) is 71.2 Å². The maximum Gasteiger partial charge on any atom is 0.472 e. The molecule has 0 fully saturated rings. The SMILES string of the molecule is CCCCCCCCCCCCCCCCCC(=O)OCC(COP(=O)(O)OCCNC(=O)OCCOCCNC(=O)CCCCCN1/C(=C/C=C/C=C\C2=[N+](C)c3ccccc3C2(C)C)C(C)(C)c2ccccc21)OC(=O)CCCCCCCCCCCCCCCCC. The summed E-state index contributed by atoms with van der Waals surface area (Å²) >= 11 is 0. The number of hydrogen-bond donors (Lipinski definition) is 3. The number of alkyl carbamates (subject to hydrolysis) is 1. The topological polar surface area (TPSA) is 191 Å². The third-order valence-electron chi connectivity index (χ3n) is 18.5. The quantitative estimate of drug-likeness (QED) is 0.0142. The zero-order valence-corrected chi connectivity index (χ0v) is 61.1. The van der Waals surface area contributed by atoms with E-state index in [2.05, 4.69) is 148 Å². The van der Waals surface area contributed by atoms with Gasteiger partial charge in [-0.3, -0.25) is 23.4 Å². The number of ether oxygens (including phenoxy) is 4. The molecule has 0 aliphatic carbocycles. The van der Waals surface area contributed by atoms with Gasteiger partial charge in [0, 0.05) is 73.4 Å². The number of anilines is 1. The summed E-state index contributed by atoms with van der Waals surface area (Å²) in [4.78, 5) is 63.6. The highest BCUT2D eigenvalue weighted by Crippen LogP contribution is 2.48. The van der Waals surface area contributed by atoms with Gasteiger partial charge in [0.15, 0.2) is 11.8 Å². The molecule has 4 rings (SSSR count). The van der Waals surface area contributed by atoms with Crippen LogP contribution in [0.2, 0.25) is 0 Å². The highest BCUT2D eigenvalue weighted by atomic mass is 31.2. The Labute approximate surface area is 574 Å². The molecule has 95 heavy (non-hydrogen) atoms. The van der Waals surface area contributed by atoms with Crippen LogP contribution in [0.5, 0.6) is 0 Å². The van der Waals surface area contributed by atoms with E-state index in [0.29, 0.717) is 25.8 Å². The lowest BCUT2D eigenvalue weighted by Gasteiger charge is -2.27. The fourth-order valence-corrected chi connectivity index (χ4v) is 13.7. The van der Waals surface area contributed by atoms with Gasteiger partial charge >= 0.3 is 25.9 Å². The summed E-state index contributed by atoms with van der Waals surface area (Å²) in [5.41, 5.74) is 7.39. The molecule has 2 atom stereocenters. The second-order valence-electron chi connectivity index (χ2n) is 27.3. The summed E-state index contributed by atoms with van der Waals surface area (Å²) in [7, 11) is -2.53. The number of phosphoric ester groups is 1. The first kappa shape index (κ1) is 82.3. The summed E-state index contributed by atoms with van der Waals surface area (Å²) < 4.78 is 47.3. The maximum absolute atomic E-state index is 13.0. The van der Waals surface area contributed by atoms with Gasteiger partial charge in [-0.25, -0.2) is 9.36 Å². The molecule has 0 saturated heterocycles. The van der Waals surface area contributed by atoms with Crippen molar-refractivity contribution >= 4 is 48.8 Å². The summed E-state index contributed by atoms with van der Waals surface area (Å²) in [6, 6.07) is 17.2. The molecule has 17 heteroatoms. The van der Waals surface area contributed by atoms with E-state index in [1.807, 2.05) is 0 Å². The van der Waals surface area contributed by atoms with Crippen molar-refractivity contribution in [1.82, 2.24) is 10.6 Å². The number of rotatable bonds is 57. The number of unbranched alkanes of at least 4 members (excludes halogenated alkanes) is 30. The number of nitrogens with one attached hydrogen (secondary N) is 2. The molecule has 2 aliphatic heterocycles. The highest BCUT2D eigenvalue weighted by Gasteiger charge is 2.43. The average molecular weight is 1340 g/mol. The number of nitrogens with zero attached hydrogens (tertiary/aromatic N) is 2. The van der Waals surface area contributed by atoms with Gasteiger partial charge in [0.2, 0.25) is 11.6 Å². The number of esters is 2. The normalized spacial score (nSPS) is 15.4. The molecular formula is C78H128N4O12P+. The standard InChI is InChI=1S/C78H127N4O12P/c1-8-10-12-14-16-18-20-22-24-26-28-30-32-34-41-55-74(84)91-64-66(94-75(85)56-42-35-33-31-29-27-25-23-21-19-17-15-13-11-9-2)65-93-95(87,88)92-61-58-80-76(86)90-63-62-89-60-57-79-73(83)54-40-37-47-59-82-70-51-46-44-49-68(70)78(5,6)72(82)53-39-36-38-52-71-77(3,4)67-48-43-45-50-69(67)81(71)7/h36,38-39,43-46,48-53,66H,8-35,37,40-42,47,54-65H2,1-7H3,(H2-,79,80,83,86,87,88)/p+1. The number of allylic oxidation sites excluding steroid dienone is 6. The molecule has 0 aromatic heterocycles. The monoisotopic (exact) mass is 1340 g/mol. The van der Waals surface area contributed by atoms with Gasteiger partial charge in [-0.05, 0) is 57.2 Å². The van der Waals surface area contributed by atoms with Gasteiger partial charge in [0.25, 0.3) is 0 Å². The van der Waals surface area contributed by atoms with Crippen molar-refractivity contribution in [3.05, 3.63) is 95.7 Å². The minimum Gasteiger partial charge on any atom is -0.462 e. The molecule has 16 nitrogen and oxygen atoms in total. The van der Waals surface area contributed by atoms with Gasteiger partial charge in [-0.15, -0.1) is 0 Å². The summed E-state index contributed by atoms with van der Waals surface area (Å²) in [5, 5.41) is 5.36. The van der Waals surface area contributed by atoms with Gasteiger partial charge in [-0.1, -0.05) is 269 Å². The molecular weight excluding hydrogens is 1220 g/mol. The maximum atomic E-state index is 13.0. The molecule has 3 N–H and O–H groups in total. The van der Waals surface area contributed by atoms with Gasteiger partial charge in [0.05, 0.1) is 31.8 Å². The molecule has 536 valence electrons. The molecule has 2 amide bonds. The molecule has 2 heterocycles. The lowest BCUT2D eigenvalue weighted by atomic mass is 9.81. The summed E-state index contributed by atoms with van der Waals surface area (Å²) in [6.45, 7) is 13.7. The predicted octanol–water partition coefficient (Wildman–Crippen LogP) is 19.0. The molecule has 2 aliphatic rings. The summed E-state index contributed by atoms with van der Waals surface area (Å²) in [5.74, 6) is -0.972. The Bertz CT molecular complexity index is 2650. The Morgan fingerprint density at radius 2 is 1.04 bits per heavy atom. The highest BCUT2D eigenvalue weighted by molar-refractivity contribution is 7.47. The summed E-state index contributed by atoms with van der Waals surface area (Å²) in [6.07, 6.45) is 48.8. The fraction of sp³-hybridized carbons (Fsp3) is 0.705. The number of para-hydroxylation sites is 2. The number of carbonyl (C=O) groups is 4. The smallest absolute Gasteiger partial charge is 0.462 e. The molecule has 2 unspecified atom stereocenters. The van der Waals surface area contributed by atoms with Crippen LogP contribution in [-0.4, -0.2) is 112 Å². The van der Waals surface area contributed by atoms with Crippen LogP contribution < -0.4 is 15.5 Å². The number of carbonyl (C=O) groups excluding carboxylic acids is 4. The van der Waals surface area contributed by atoms with Crippen LogP contribution in [0.4, 0.5) is 16.2 Å². The van der Waals surface area contributed by atoms with Crippen molar-refractivity contribution in [2.24, 2.45) is 0 Å². The van der Waals surface area contributed by atoms with Crippen molar-refractivity contribution in [1.29, 1.82) is 0 Å². The van der Waals surface area contributed by atoms with E-state index in [0.717, 1.165) is 64.3 Å². The first-order chi connectivity index (χ1) is 46.0. The Morgan fingerprint density at radius 3 is 1.62 bits per heavy atom. The second-order valence-corrected chi connectivity index (χ2v) is 28.8. The third-order valence-corrected chi connectivity index (χ3v) is 19.5. The number of phosphoric acid groups is 1. The van der Waals surface area contributed by atoms with Crippen LogP contribution in [0.3, 0.4) is 0 Å². The van der Waals surface area contributed by atoms with E-state index in [9.17, 15) is 28.6 Å². The third kappa shape index (κ3) is 34.3. The Balaban J connectivity index is 1.06. The minimum atomic E-state index is -4.67. The Morgan fingerprint density at radius 1 is 0.537 bits per heavy atom. The van der Waals surface area contributed by atoms with Crippen LogP contribution in [0, 0.1) is 0 Å². The zero-order chi connectivity index (χ0) is 68.7. The average Bonchev–Trinajstić information content (AvgIpc) is 1.62. The van der Waals surface area contributed by atoms with E-state index < -0.39 is 38.6 Å². The van der Waals surface area contributed by atoms with E-state index in [1.165, 1.54) is 175 Å². The van der Waals surface area contributed by atoms with Crippen molar-refractivity contribution in [3.8, 4) is 0 Å². The lowest BCUT2D eigenvalue weighted by molar-refractivity contribution is -0.401. The lowest BCUT2D eigenvalue weighted by Crippen LogP contribution is -2.30. The van der Waals surface area contributed by atoms with Crippen LogP contribution in [-0.2, 0) is 57.8 Å². The van der Waals surface area contributed by atoms with Crippen LogP contribution in [0.15, 0.2) is 84.6 Å². The molecule has 0 spiro atoms. The van der Waals surface area contributed by atoms with Gasteiger partial charge in [-0.2, -0.15) is 4.58 Å². The molecule has 2 aromatic carbocycles. The number of amides is 2. The van der Waals surface area contributed by atoms with Gasteiger partial charge < -0.3 is 39.4 Å². The second kappa shape index (κ2) is 49.4. The largest absolute Gasteiger partial charge is 0.472 e. The predicted molar refractivity (Wildman–Crippen MR) is 387 cm³/mol. The van der Waals surface area contributed by atoms with Crippen LogP contribution in [0.1, 0.15) is 284 Å². The van der Waals surface area contributed by atoms with E-state index >= 15 is 0 Å². The van der Waals surface area contributed by atoms with E-state index in [4.69, 9.17) is 28.0 Å². The Hall–Kier alpha value is -5.12. The fourth-order valence-electron chi connectivity index (χ4n) is 12.9.